The smallest absolute Gasteiger partial charge is 0.0431 e. The lowest BCUT2D eigenvalue weighted by Crippen LogP contribution is -2.47. The Bertz CT molecular complexity index is 205. The first kappa shape index (κ1) is 15.9. The van der Waals surface area contributed by atoms with Crippen LogP contribution >= 0.6 is 0 Å². The molecular weight excluding hydrogens is 224 g/mol. The Morgan fingerprint density at radius 3 is 1.89 bits per heavy atom. The van der Waals surface area contributed by atoms with Gasteiger partial charge >= 0.3 is 0 Å². The van der Waals surface area contributed by atoms with Gasteiger partial charge in [-0.2, -0.15) is 0 Å². The summed E-state index contributed by atoms with van der Waals surface area (Å²) in [6.45, 7) is 14.7. The van der Waals surface area contributed by atoms with Crippen LogP contribution in [-0.2, 0) is 0 Å². The average molecular weight is 256 g/mol. The van der Waals surface area contributed by atoms with Gasteiger partial charge in [0, 0.05) is 32.8 Å². The summed E-state index contributed by atoms with van der Waals surface area (Å²) in [7, 11) is 0. The van der Waals surface area contributed by atoms with Gasteiger partial charge in [0.25, 0.3) is 0 Å². The van der Waals surface area contributed by atoms with E-state index in [2.05, 4.69) is 30.6 Å². The maximum atomic E-state index is 8.74. The van der Waals surface area contributed by atoms with Crippen LogP contribution < -0.4 is 0 Å². The van der Waals surface area contributed by atoms with E-state index in [1.54, 1.807) is 0 Å². The highest BCUT2D eigenvalue weighted by atomic mass is 16.2. The topological polar surface area (TPSA) is 26.7 Å². The van der Waals surface area contributed by atoms with Gasteiger partial charge in [0.2, 0.25) is 0 Å². The largest absolute Gasteiger partial charge is 0.396 e. The molecule has 0 aromatic rings. The molecule has 0 radical (unpaired) electrons. The molecule has 0 amide bonds. The normalized spacial score (nSPS) is 19.3. The molecule has 1 fully saturated rings. The molecule has 0 spiro atoms. The molecule has 3 heteroatoms. The van der Waals surface area contributed by atoms with Gasteiger partial charge in [-0.15, -0.1) is 0 Å². The van der Waals surface area contributed by atoms with Crippen LogP contribution in [0.4, 0.5) is 0 Å². The molecule has 0 saturated carbocycles. The number of hydrogen-bond acceptors (Lipinski definition) is 3. The second-order valence-corrected chi connectivity index (χ2v) is 6.78. The number of hydrogen-bond donors (Lipinski definition) is 1. The summed E-state index contributed by atoms with van der Waals surface area (Å²) >= 11 is 0. The quantitative estimate of drug-likeness (QED) is 0.708. The van der Waals surface area contributed by atoms with Crippen LogP contribution in [-0.4, -0.2) is 60.8 Å². The van der Waals surface area contributed by atoms with Crippen molar-refractivity contribution in [3.8, 4) is 0 Å². The fourth-order valence-electron chi connectivity index (χ4n) is 2.35. The predicted molar refractivity (Wildman–Crippen MR) is 77.9 cm³/mol. The molecule has 1 heterocycles. The average Bonchev–Trinajstić information content (AvgIpc) is 2.33. The zero-order chi connectivity index (χ0) is 13.4. The van der Waals surface area contributed by atoms with Crippen LogP contribution in [0.2, 0.25) is 0 Å². The number of aliphatic hydroxyl groups excluding tert-OH is 1. The lowest BCUT2D eigenvalue weighted by atomic mass is 9.92. The first-order valence-corrected chi connectivity index (χ1v) is 7.57. The van der Waals surface area contributed by atoms with Crippen LogP contribution in [0.1, 0.15) is 46.5 Å². The van der Waals surface area contributed by atoms with Crippen molar-refractivity contribution in [1.29, 1.82) is 0 Å². The zero-order valence-electron chi connectivity index (χ0n) is 12.6. The summed E-state index contributed by atoms with van der Waals surface area (Å²) in [5, 5.41) is 8.74. The third-order valence-corrected chi connectivity index (χ3v) is 3.78. The van der Waals surface area contributed by atoms with Gasteiger partial charge in [0.1, 0.15) is 0 Å². The Morgan fingerprint density at radius 1 is 0.833 bits per heavy atom. The Balaban J connectivity index is 2.05. The first-order chi connectivity index (χ1) is 8.51. The fraction of sp³-hybridized carbons (Fsp3) is 1.00. The second-order valence-electron chi connectivity index (χ2n) is 6.78. The van der Waals surface area contributed by atoms with Crippen LogP contribution in [0.3, 0.4) is 0 Å². The van der Waals surface area contributed by atoms with Gasteiger partial charge in [-0.1, -0.05) is 20.8 Å². The summed E-state index contributed by atoms with van der Waals surface area (Å²) in [4.78, 5) is 5.18. The molecule has 1 N–H and O–H groups in total. The monoisotopic (exact) mass is 256 g/mol. The Hall–Kier alpha value is -0.120. The summed E-state index contributed by atoms with van der Waals surface area (Å²) in [5.41, 5.74) is 0.460. The molecule has 3 nitrogen and oxygen atoms in total. The number of rotatable bonds is 7. The van der Waals surface area contributed by atoms with E-state index >= 15 is 0 Å². The number of piperazine rings is 1. The van der Waals surface area contributed by atoms with Crippen molar-refractivity contribution >= 4 is 0 Å². The van der Waals surface area contributed by atoms with Crippen molar-refractivity contribution in [3.05, 3.63) is 0 Å². The molecule has 0 unspecified atom stereocenters. The summed E-state index contributed by atoms with van der Waals surface area (Å²) in [5.74, 6) is 0. The Labute approximate surface area is 113 Å². The number of aliphatic hydroxyl groups is 1. The molecule has 1 aliphatic heterocycles. The fourth-order valence-corrected chi connectivity index (χ4v) is 2.35. The highest BCUT2D eigenvalue weighted by Gasteiger charge is 2.18. The lowest BCUT2D eigenvalue weighted by Gasteiger charge is -2.36. The zero-order valence-corrected chi connectivity index (χ0v) is 12.6. The molecule has 18 heavy (non-hydrogen) atoms. The molecule has 0 aromatic carbocycles. The molecule has 1 saturated heterocycles. The molecular formula is C15H32N2O. The van der Waals surface area contributed by atoms with Crippen LogP contribution in [0.5, 0.6) is 0 Å². The minimum absolute atomic E-state index is 0.348. The van der Waals surface area contributed by atoms with Crippen molar-refractivity contribution in [2.75, 3.05) is 45.9 Å². The van der Waals surface area contributed by atoms with E-state index in [9.17, 15) is 0 Å². The van der Waals surface area contributed by atoms with Gasteiger partial charge < -0.3 is 14.9 Å². The van der Waals surface area contributed by atoms with Gasteiger partial charge in [-0.3, -0.25) is 0 Å². The molecule has 1 rings (SSSR count). The molecule has 1 aliphatic rings. The highest BCUT2D eigenvalue weighted by Crippen LogP contribution is 2.19. The molecule has 0 bridgehead atoms. The van der Waals surface area contributed by atoms with E-state index in [-0.39, 0.29) is 0 Å². The first-order valence-electron chi connectivity index (χ1n) is 7.57. The van der Waals surface area contributed by atoms with E-state index in [1.807, 2.05) is 0 Å². The van der Waals surface area contributed by atoms with Crippen molar-refractivity contribution in [3.63, 3.8) is 0 Å². The second kappa shape index (κ2) is 8.13. The van der Waals surface area contributed by atoms with E-state index in [0.717, 1.165) is 6.42 Å². The molecule has 0 atom stereocenters. The van der Waals surface area contributed by atoms with E-state index in [1.165, 1.54) is 58.5 Å². The minimum Gasteiger partial charge on any atom is -0.396 e. The summed E-state index contributed by atoms with van der Waals surface area (Å²) in [6, 6.07) is 0. The maximum Gasteiger partial charge on any atom is 0.0431 e. The SMILES string of the molecule is CC(C)(C)CCN1CCN(CCCCCO)CC1. The van der Waals surface area contributed by atoms with Gasteiger partial charge in [-0.05, 0) is 44.2 Å². The summed E-state index contributed by atoms with van der Waals surface area (Å²) < 4.78 is 0. The maximum absolute atomic E-state index is 8.74. The van der Waals surface area contributed by atoms with E-state index < -0.39 is 0 Å². The van der Waals surface area contributed by atoms with Gasteiger partial charge in [0.05, 0.1) is 0 Å². The third kappa shape index (κ3) is 7.34. The van der Waals surface area contributed by atoms with Crippen LogP contribution in [0.25, 0.3) is 0 Å². The Kier molecular flexibility index (Phi) is 7.20. The lowest BCUT2D eigenvalue weighted by molar-refractivity contribution is 0.119. The highest BCUT2D eigenvalue weighted by molar-refractivity contribution is 4.74. The molecule has 0 aliphatic carbocycles. The predicted octanol–water partition coefficient (Wildman–Crippen LogP) is 2.20. The van der Waals surface area contributed by atoms with Crippen molar-refractivity contribution < 1.29 is 5.11 Å². The van der Waals surface area contributed by atoms with Gasteiger partial charge in [0.15, 0.2) is 0 Å². The van der Waals surface area contributed by atoms with Crippen molar-refractivity contribution in [2.45, 2.75) is 46.5 Å². The third-order valence-electron chi connectivity index (χ3n) is 3.78. The number of nitrogens with zero attached hydrogens (tertiary/aromatic N) is 2. The van der Waals surface area contributed by atoms with Crippen molar-refractivity contribution in [1.82, 2.24) is 9.80 Å². The van der Waals surface area contributed by atoms with Gasteiger partial charge in [-0.25, -0.2) is 0 Å². The number of unbranched alkanes of at least 4 members (excludes halogenated alkanes) is 2. The van der Waals surface area contributed by atoms with E-state index in [4.69, 9.17) is 5.11 Å². The standard InChI is InChI=1S/C15H32N2O/c1-15(2,3)7-9-17-12-10-16(11-13-17)8-5-4-6-14-18/h18H,4-14H2,1-3H3. The molecule has 0 aromatic heterocycles. The van der Waals surface area contributed by atoms with Crippen LogP contribution in [0.15, 0.2) is 0 Å². The Morgan fingerprint density at radius 2 is 1.39 bits per heavy atom. The summed E-state index contributed by atoms with van der Waals surface area (Å²) in [6.07, 6.45) is 4.67. The van der Waals surface area contributed by atoms with E-state index in [0.29, 0.717) is 12.0 Å². The minimum atomic E-state index is 0.348. The molecule has 108 valence electrons. The van der Waals surface area contributed by atoms with Crippen LogP contribution in [0, 0.1) is 5.41 Å². The van der Waals surface area contributed by atoms with Crippen molar-refractivity contribution in [2.24, 2.45) is 5.41 Å².